The Morgan fingerprint density at radius 2 is 2.03 bits per heavy atom. The molecule has 0 bridgehead atoms. The third-order valence-corrected chi connectivity index (χ3v) is 7.43. The molecule has 0 amide bonds. The summed E-state index contributed by atoms with van der Waals surface area (Å²) in [5, 5.41) is 31.9. The van der Waals surface area contributed by atoms with Crippen molar-refractivity contribution in [3.63, 3.8) is 0 Å². The Kier molecular flexibility index (Phi) is 6.93. The summed E-state index contributed by atoms with van der Waals surface area (Å²) >= 11 is 0. The van der Waals surface area contributed by atoms with Crippen molar-refractivity contribution >= 4 is 18.2 Å². The van der Waals surface area contributed by atoms with Crippen molar-refractivity contribution in [1.29, 1.82) is 0 Å². The molecule has 0 aromatic heterocycles. The molecule has 0 aromatic carbocycles. The molecule has 3 aliphatic rings. The molecule has 31 heavy (non-hydrogen) atoms. The van der Waals surface area contributed by atoms with E-state index in [-0.39, 0.29) is 18.4 Å². The lowest BCUT2D eigenvalue weighted by Crippen LogP contribution is -2.65. The van der Waals surface area contributed by atoms with E-state index < -0.39 is 59.2 Å². The van der Waals surface area contributed by atoms with Crippen LogP contribution in [0.15, 0.2) is 11.6 Å². The molecule has 174 valence electrons. The highest BCUT2D eigenvalue weighted by atomic mass is 16.6. The minimum Gasteiger partial charge on any atom is -0.458 e. The molecule has 1 spiro atoms. The zero-order valence-electron chi connectivity index (χ0n) is 18.5. The lowest BCUT2D eigenvalue weighted by atomic mass is 9.46. The Morgan fingerprint density at radius 1 is 1.32 bits per heavy atom. The van der Waals surface area contributed by atoms with E-state index in [2.05, 4.69) is 6.92 Å². The van der Waals surface area contributed by atoms with Crippen LogP contribution < -0.4 is 0 Å². The summed E-state index contributed by atoms with van der Waals surface area (Å²) in [5.41, 5.74) is -1.96. The minimum atomic E-state index is -1.59. The molecule has 0 aromatic rings. The summed E-state index contributed by atoms with van der Waals surface area (Å²) in [6, 6.07) is 0. The van der Waals surface area contributed by atoms with Crippen LogP contribution in [0.3, 0.4) is 0 Å². The number of carbonyl (C=O) groups excluding carboxylic acids is 3. The number of aliphatic hydroxyl groups is 3. The number of carbonyl (C=O) groups is 3. The summed E-state index contributed by atoms with van der Waals surface area (Å²) < 4.78 is 10.6. The van der Waals surface area contributed by atoms with Gasteiger partial charge in [0, 0.05) is 0 Å². The van der Waals surface area contributed by atoms with Crippen LogP contribution in [0.4, 0.5) is 0 Å². The van der Waals surface area contributed by atoms with E-state index in [0.29, 0.717) is 19.1 Å². The topological polar surface area (TPSA) is 130 Å². The number of cyclic esters (lactones) is 1. The van der Waals surface area contributed by atoms with E-state index in [1.54, 1.807) is 6.08 Å². The van der Waals surface area contributed by atoms with Crippen molar-refractivity contribution in [1.82, 2.24) is 0 Å². The number of rotatable bonds is 8. The van der Waals surface area contributed by atoms with E-state index in [4.69, 9.17) is 9.47 Å². The van der Waals surface area contributed by atoms with Gasteiger partial charge >= 0.3 is 11.9 Å². The van der Waals surface area contributed by atoms with Crippen LogP contribution in [0.1, 0.15) is 65.7 Å². The number of allylic oxidation sites excluding steroid dienone is 1. The summed E-state index contributed by atoms with van der Waals surface area (Å²) in [4.78, 5) is 37.2. The molecule has 1 unspecified atom stereocenters. The fourth-order valence-corrected chi connectivity index (χ4v) is 5.91. The molecular weight excluding hydrogens is 404 g/mol. The van der Waals surface area contributed by atoms with Gasteiger partial charge in [-0.2, -0.15) is 0 Å². The lowest BCUT2D eigenvalue weighted by molar-refractivity contribution is -0.211. The van der Waals surface area contributed by atoms with Crippen LogP contribution in [-0.4, -0.2) is 58.1 Å². The summed E-state index contributed by atoms with van der Waals surface area (Å²) in [6.07, 6.45) is 1.37. The number of aliphatic hydroxyl groups excluding tert-OH is 3. The van der Waals surface area contributed by atoms with Crippen LogP contribution in [0, 0.1) is 22.7 Å². The van der Waals surface area contributed by atoms with Gasteiger partial charge in [-0.1, -0.05) is 52.5 Å². The first kappa shape index (κ1) is 23.9. The van der Waals surface area contributed by atoms with Gasteiger partial charge in [0.1, 0.15) is 23.9 Å². The number of unbranched alkanes of at least 4 members (excludes halogenated alkanes) is 3. The van der Waals surface area contributed by atoms with Crippen LogP contribution >= 0.6 is 0 Å². The van der Waals surface area contributed by atoms with Gasteiger partial charge in [-0.05, 0) is 36.2 Å². The number of aldehydes is 1. The summed E-state index contributed by atoms with van der Waals surface area (Å²) in [5.74, 6) is -3.08. The zero-order chi connectivity index (χ0) is 23.0. The molecule has 2 aliphatic carbocycles. The molecule has 1 saturated heterocycles. The van der Waals surface area contributed by atoms with Crippen molar-refractivity contribution in [2.45, 2.75) is 90.3 Å². The van der Waals surface area contributed by atoms with E-state index in [9.17, 15) is 29.7 Å². The fraction of sp³-hybridized carbons (Fsp3) is 0.783. The SMILES string of the molecule is CCCCCCC(O)C(=O)O[C@H]1CC(C)(C)[C@@H]2CC=C(C=O)[C@@H]3[C@@H](O)OC(=O)[C@@]32[C@H]1O. The molecule has 1 heterocycles. The molecule has 7 atom stereocenters. The van der Waals surface area contributed by atoms with Gasteiger partial charge in [0.05, 0.1) is 5.92 Å². The van der Waals surface area contributed by atoms with Gasteiger partial charge in [0.15, 0.2) is 6.10 Å². The summed E-state index contributed by atoms with van der Waals surface area (Å²) in [6.45, 7) is 5.88. The average Bonchev–Trinajstić information content (AvgIpc) is 2.99. The second-order valence-corrected chi connectivity index (χ2v) is 9.79. The maximum absolute atomic E-state index is 13.0. The predicted molar refractivity (Wildman–Crippen MR) is 109 cm³/mol. The van der Waals surface area contributed by atoms with Gasteiger partial charge in [-0.15, -0.1) is 0 Å². The second kappa shape index (κ2) is 9.00. The van der Waals surface area contributed by atoms with Gasteiger partial charge in [-0.25, -0.2) is 4.79 Å². The van der Waals surface area contributed by atoms with Crippen molar-refractivity contribution < 1.29 is 39.2 Å². The first-order chi connectivity index (χ1) is 14.6. The Morgan fingerprint density at radius 3 is 2.68 bits per heavy atom. The van der Waals surface area contributed by atoms with E-state index >= 15 is 0 Å². The Labute approximate surface area is 182 Å². The van der Waals surface area contributed by atoms with Crippen LogP contribution in [-0.2, 0) is 23.9 Å². The third kappa shape index (κ3) is 3.94. The van der Waals surface area contributed by atoms with Gasteiger partial charge in [-0.3, -0.25) is 9.59 Å². The molecule has 2 fully saturated rings. The number of esters is 2. The van der Waals surface area contributed by atoms with Crippen LogP contribution in [0.25, 0.3) is 0 Å². The largest absolute Gasteiger partial charge is 0.458 e. The predicted octanol–water partition coefficient (Wildman–Crippen LogP) is 1.64. The van der Waals surface area contributed by atoms with Gasteiger partial charge in [0.2, 0.25) is 6.29 Å². The molecule has 3 rings (SSSR count). The Balaban J connectivity index is 1.86. The standard InChI is InChI=1S/C23H34O8/c1-4-5-6-7-8-14(25)19(27)30-15-11-22(2,3)16-10-9-13(12-24)17-20(28)31-21(29)23(16,17)18(15)26/h9,12,14-18,20,25-26,28H,4-8,10-11H2,1-3H3/t14?,15-,16-,17+,18-,20-,23+/m0/s1. The smallest absolute Gasteiger partial charge is 0.335 e. The quantitative estimate of drug-likeness (QED) is 0.296. The van der Waals surface area contributed by atoms with Gasteiger partial charge in [0.25, 0.3) is 0 Å². The third-order valence-electron chi connectivity index (χ3n) is 7.43. The fourth-order valence-electron chi connectivity index (χ4n) is 5.91. The van der Waals surface area contributed by atoms with E-state index in [0.717, 1.165) is 19.3 Å². The highest BCUT2D eigenvalue weighted by Crippen LogP contribution is 2.63. The number of ether oxygens (including phenoxy) is 2. The molecule has 0 radical (unpaired) electrons. The van der Waals surface area contributed by atoms with E-state index in [1.807, 2.05) is 13.8 Å². The van der Waals surface area contributed by atoms with E-state index in [1.165, 1.54) is 0 Å². The number of hydrogen-bond donors (Lipinski definition) is 3. The molecule has 8 nitrogen and oxygen atoms in total. The van der Waals surface area contributed by atoms with Crippen molar-refractivity contribution in [3.05, 3.63) is 11.6 Å². The Hall–Kier alpha value is -1.77. The van der Waals surface area contributed by atoms with Crippen molar-refractivity contribution in [3.8, 4) is 0 Å². The average molecular weight is 439 g/mol. The monoisotopic (exact) mass is 438 g/mol. The normalized spacial score (nSPS) is 37.2. The highest BCUT2D eigenvalue weighted by molar-refractivity contribution is 5.87. The first-order valence-corrected chi connectivity index (χ1v) is 11.2. The van der Waals surface area contributed by atoms with Gasteiger partial charge < -0.3 is 24.8 Å². The Bertz CT molecular complexity index is 744. The summed E-state index contributed by atoms with van der Waals surface area (Å²) in [7, 11) is 0. The molecule has 8 heteroatoms. The van der Waals surface area contributed by atoms with Crippen LogP contribution in [0.2, 0.25) is 0 Å². The minimum absolute atomic E-state index is 0.201. The molecular formula is C23H34O8. The highest BCUT2D eigenvalue weighted by Gasteiger charge is 2.73. The maximum atomic E-state index is 13.0. The van der Waals surface area contributed by atoms with Crippen molar-refractivity contribution in [2.75, 3.05) is 0 Å². The molecule has 1 aliphatic heterocycles. The first-order valence-electron chi connectivity index (χ1n) is 11.2. The van der Waals surface area contributed by atoms with Crippen LogP contribution in [0.5, 0.6) is 0 Å². The number of hydrogen-bond acceptors (Lipinski definition) is 8. The molecule has 1 saturated carbocycles. The maximum Gasteiger partial charge on any atom is 0.335 e. The molecule has 3 N–H and O–H groups in total. The zero-order valence-corrected chi connectivity index (χ0v) is 18.5. The lowest BCUT2D eigenvalue weighted by Gasteiger charge is -2.56. The second-order valence-electron chi connectivity index (χ2n) is 9.79. The van der Waals surface area contributed by atoms with Crippen molar-refractivity contribution in [2.24, 2.45) is 22.7 Å².